The molecule has 0 fully saturated rings. The predicted octanol–water partition coefficient (Wildman–Crippen LogP) is 3.23. The zero-order valence-corrected chi connectivity index (χ0v) is 8.77. The van der Waals surface area contributed by atoms with E-state index in [1.165, 1.54) is 10.8 Å². The van der Waals surface area contributed by atoms with E-state index in [0.29, 0.717) is 0 Å². The molecule has 0 radical (unpaired) electrons. The highest BCUT2D eigenvalue weighted by Crippen LogP contribution is 2.21. The molecule has 2 aromatic rings. The highest BCUT2D eigenvalue weighted by atomic mass is 16.3. The average molecular weight is 198 g/mol. The Kier molecular flexibility index (Phi) is 2.57. The van der Waals surface area contributed by atoms with Crippen LogP contribution in [0.25, 0.3) is 16.3 Å². The van der Waals surface area contributed by atoms with Gasteiger partial charge in [-0.1, -0.05) is 43.0 Å². The first-order valence-corrected chi connectivity index (χ1v) is 5.04. The van der Waals surface area contributed by atoms with Crippen molar-refractivity contribution in [3.63, 3.8) is 0 Å². The van der Waals surface area contributed by atoms with Crippen molar-refractivity contribution < 1.29 is 5.11 Å². The summed E-state index contributed by atoms with van der Waals surface area (Å²) in [5, 5.41) is 11.8. The Morgan fingerprint density at radius 1 is 1.13 bits per heavy atom. The van der Waals surface area contributed by atoms with Crippen LogP contribution in [-0.2, 0) is 0 Å². The van der Waals surface area contributed by atoms with Gasteiger partial charge in [-0.05, 0) is 34.9 Å². The third kappa shape index (κ3) is 1.92. The monoisotopic (exact) mass is 198 g/mol. The minimum absolute atomic E-state index is 0.494. The normalized spacial score (nSPS) is 12.7. The van der Waals surface area contributed by atoms with E-state index < -0.39 is 6.10 Å². The van der Waals surface area contributed by atoms with Crippen LogP contribution >= 0.6 is 0 Å². The van der Waals surface area contributed by atoms with Crippen molar-refractivity contribution in [2.24, 2.45) is 0 Å². The minimum atomic E-state index is -0.494. The number of hydrogen-bond acceptors (Lipinski definition) is 1. The molecular formula is C14H14O. The molecule has 1 unspecified atom stereocenters. The quantitative estimate of drug-likeness (QED) is 0.785. The summed E-state index contributed by atoms with van der Waals surface area (Å²) in [6, 6.07) is 14.3. The largest absolute Gasteiger partial charge is 0.389 e. The average Bonchev–Trinajstić information content (AvgIpc) is 2.27. The number of rotatable bonds is 2. The zero-order chi connectivity index (χ0) is 10.8. The van der Waals surface area contributed by atoms with E-state index in [4.69, 9.17) is 0 Å². The lowest BCUT2D eigenvalue weighted by molar-refractivity contribution is 0.253. The van der Waals surface area contributed by atoms with Gasteiger partial charge in [-0.3, -0.25) is 0 Å². The molecule has 1 nitrogen and oxygen atoms in total. The summed E-state index contributed by atoms with van der Waals surface area (Å²) < 4.78 is 0. The lowest BCUT2D eigenvalue weighted by atomic mass is 10.00. The maximum atomic E-state index is 9.45. The molecule has 0 aliphatic rings. The molecule has 0 amide bonds. The van der Waals surface area contributed by atoms with Gasteiger partial charge in [0.05, 0.1) is 6.10 Å². The van der Waals surface area contributed by atoms with Crippen molar-refractivity contribution >= 4 is 16.3 Å². The van der Waals surface area contributed by atoms with Crippen LogP contribution in [0.4, 0.5) is 0 Å². The van der Waals surface area contributed by atoms with E-state index >= 15 is 0 Å². The van der Waals surface area contributed by atoms with Crippen molar-refractivity contribution in [3.8, 4) is 0 Å². The van der Waals surface area contributed by atoms with E-state index in [-0.39, 0.29) is 0 Å². The molecule has 0 aromatic heterocycles. The zero-order valence-electron chi connectivity index (χ0n) is 8.77. The summed E-state index contributed by atoms with van der Waals surface area (Å²) >= 11 is 0. The van der Waals surface area contributed by atoms with Gasteiger partial charge in [0.25, 0.3) is 0 Å². The lowest BCUT2D eigenvalue weighted by Gasteiger charge is -2.09. The van der Waals surface area contributed by atoms with Crippen molar-refractivity contribution in [3.05, 3.63) is 54.6 Å². The first kappa shape index (κ1) is 9.94. The molecule has 2 aromatic carbocycles. The van der Waals surface area contributed by atoms with E-state index in [2.05, 4.69) is 30.8 Å². The van der Waals surface area contributed by atoms with Gasteiger partial charge >= 0.3 is 0 Å². The molecular weight excluding hydrogens is 184 g/mol. The third-order valence-corrected chi connectivity index (χ3v) is 2.62. The van der Waals surface area contributed by atoms with E-state index in [9.17, 15) is 5.11 Å². The summed E-state index contributed by atoms with van der Waals surface area (Å²) in [5.74, 6) is 0. The molecule has 0 saturated carbocycles. The molecule has 0 aliphatic heterocycles. The first-order valence-electron chi connectivity index (χ1n) is 5.04. The minimum Gasteiger partial charge on any atom is -0.389 e. The van der Waals surface area contributed by atoms with Gasteiger partial charge in [0, 0.05) is 0 Å². The van der Waals surface area contributed by atoms with Crippen molar-refractivity contribution in [2.75, 3.05) is 0 Å². The van der Waals surface area contributed by atoms with Gasteiger partial charge in [-0.2, -0.15) is 0 Å². The van der Waals surface area contributed by atoms with Crippen LogP contribution < -0.4 is 0 Å². The van der Waals surface area contributed by atoms with E-state index in [0.717, 1.165) is 11.1 Å². The fourth-order valence-corrected chi connectivity index (χ4v) is 1.63. The molecule has 1 atom stereocenters. The van der Waals surface area contributed by atoms with Crippen LogP contribution in [0.15, 0.2) is 49.0 Å². The molecule has 1 heteroatoms. The summed E-state index contributed by atoms with van der Waals surface area (Å²) in [4.78, 5) is 0. The Labute approximate surface area is 89.7 Å². The smallest absolute Gasteiger partial charge is 0.0762 e. The first-order chi connectivity index (χ1) is 7.18. The topological polar surface area (TPSA) is 20.2 Å². The van der Waals surface area contributed by atoms with Crippen molar-refractivity contribution in [1.82, 2.24) is 0 Å². The molecule has 0 saturated heterocycles. The van der Waals surface area contributed by atoms with Gasteiger partial charge in [0.2, 0.25) is 0 Å². The maximum absolute atomic E-state index is 9.45. The highest BCUT2D eigenvalue weighted by Gasteiger charge is 2.05. The fraction of sp³-hybridized carbons (Fsp3) is 0.143. The third-order valence-electron chi connectivity index (χ3n) is 2.62. The summed E-state index contributed by atoms with van der Waals surface area (Å²) in [6.07, 6.45) is -0.494. The van der Waals surface area contributed by atoms with Gasteiger partial charge < -0.3 is 5.11 Å². The van der Waals surface area contributed by atoms with Crippen LogP contribution in [0.1, 0.15) is 12.5 Å². The highest BCUT2D eigenvalue weighted by molar-refractivity contribution is 5.86. The number of fused-ring (bicyclic) bond motifs is 1. The molecule has 15 heavy (non-hydrogen) atoms. The van der Waals surface area contributed by atoms with Crippen LogP contribution in [-0.4, -0.2) is 11.2 Å². The number of hydrogen-bond donors (Lipinski definition) is 1. The SMILES string of the molecule is C=C(c1ccc2ccccc2c1)C(C)O. The Morgan fingerprint density at radius 3 is 2.47 bits per heavy atom. The molecule has 76 valence electrons. The molecule has 0 heterocycles. The Balaban J connectivity index is 2.52. The number of aliphatic hydroxyl groups is 1. The second-order valence-corrected chi connectivity index (χ2v) is 3.76. The number of aliphatic hydroxyl groups excluding tert-OH is 1. The molecule has 0 bridgehead atoms. The van der Waals surface area contributed by atoms with Gasteiger partial charge in [0.15, 0.2) is 0 Å². The lowest BCUT2D eigenvalue weighted by Crippen LogP contribution is -2.01. The van der Waals surface area contributed by atoms with Crippen LogP contribution in [0.5, 0.6) is 0 Å². The molecule has 0 spiro atoms. The molecule has 2 rings (SSSR count). The summed E-state index contributed by atoms with van der Waals surface area (Å²) in [5.41, 5.74) is 1.77. The predicted molar refractivity (Wildman–Crippen MR) is 64.7 cm³/mol. The van der Waals surface area contributed by atoms with Crippen LogP contribution in [0.3, 0.4) is 0 Å². The van der Waals surface area contributed by atoms with Gasteiger partial charge in [0.1, 0.15) is 0 Å². The molecule has 1 N–H and O–H groups in total. The fourth-order valence-electron chi connectivity index (χ4n) is 1.63. The Morgan fingerprint density at radius 2 is 1.80 bits per heavy atom. The Bertz CT molecular complexity index is 497. The summed E-state index contributed by atoms with van der Waals surface area (Å²) in [6.45, 7) is 5.61. The second-order valence-electron chi connectivity index (χ2n) is 3.76. The number of benzene rings is 2. The Hall–Kier alpha value is -1.60. The second kappa shape index (κ2) is 3.87. The van der Waals surface area contributed by atoms with Crippen LogP contribution in [0.2, 0.25) is 0 Å². The van der Waals surface area contributed by atoms with Crippen molar-refractivity contribution in [2.45, 2.75) is 13.0 Å². The van der Waals surface area contributed by atoms with E-state index in [1.54, 1.807) is 6.92 Å². The summed E-state index contributed by atoms with van der Waals surface area (Å²) in [7, 11) is 0. The van der Waals surface area contributed by atoms with Crippen molar-refractivity contribution in [1.29, 1.82) is 0 Å². The van der Waals surface area contributed by atoms with E-state index in [1.807, 2.05) is 18.2 Å². The molecule has 0 aliphatic carbocycles. The van der Waals surface area contributed by atoms with Gasteiger partial charge in [-0.25, -0.2) is 0 Å². The van der Waals surface area contributed by atoms with Gasteiger partial charge in [-0.15, -0.1) is 0 Å². The standard InChI is InChI=1S/C14H14O/c1-10(11(2)15)13-8-7-12-5-3-4-6-14(12)9-13/h3-9,11,15H,1H2,2H3. The maximum Gasteiger partial charge on any atom is 0.0762 e. The van der Waals surface area contributed by atoms with Crippen LogP contribution in [0, 0.1) is 0 Å².